The summed E-state index contributed by atoms with van der Waals surface area (Å²) in [7, 11) is 1.56. The monoisotopic (exact) mass is 752 g/mol. The van der Waals surface area contributed by atoms with Crippen LogP contribution >= 0.6 is 7.82 Å². The first kappa shape index (κ1) is 50.2. The molecule has 3 atom stereocenters. The molecule has 0 aliphatic carbocycles. The lowest BCUT2D eigenvalue weighted by molar-refractivity contribution is -0.870. The third kappa shape index (κ3) is 36.6. The highest BCUT2D eigenvalue weighted by atomic mass is 31.2. The number of carbonyl (C=O) groups is 1. The summed E-state index contributed by atoms with van der Waals surface area (Å²) in [5.74, 6) is -0.191. The van der Waals surface area contributed by atoms with E-state index in [9.17, 15) is 19.4 Å². The predicted molar refractivity (Wildman–Crippen MR) is 221 cm³/mol. The second-order valence-electron chi connectivity index (χ2n) is 15.0. The molecule has 0 aliphatic rings. The molecule has 0 saturated carbocycles. The molecule has 0 aliphatic heterocycles. The van der Waals surface area contributed by atoms with Crippen molar-refractivity contribution < 1.29 is 32.9 Å². The van der Waals surface area contributed by atoms with Gasteiger partial charge < -0.3 is 19.8 Å². The molecule has 0 bridgehead atoms. The van der Waals surface area contributed by atoms with Crippen LogP contribution in [0, 0.1) is 0 Å². The van der Waals surface area contributed by atoms with Gasteiger partial charge in [-0.2, -0.15) is 0 Å². The van der Waals surface area contributed by atoms with Gasteiger partial charge in [0.25, 0.3) is 0 Å². The molecule has 8 nitrogen and oxygen atoms in total. The van der Waals surface area contributed by atoms with E-state index in [1.54, 1.807) is 6.08 Å². The number of nitrogens with one attached hydrogen (secondary N) is 1. The van der Waals surface area contributed by atoms with E-state index in [4.69, 9.17) is 9.05 Å². The van der Waals surface area contributed by atoms with Crippen molar-refractivity contribution in [2.45, 2.75) is 167 Å². The predicted octanol–water partition coefficient (Wildman–Crippen LogP) is 11.1. The normalized spacial score (nSPS) is 15.1. The summed E-state index contributed by atoms with van der Waals surface area (Å²) in [6, 6.07) is -0.845. The third-order valence-corrected chi connectivity index (χ3v) is 9.73. The molecule has 3 unspecified atom stereocenters. The van der Waals surface area contributed by atoms with Crippen molar-refractivity contribution in [3.8, 4) is 0 Å². The first-order chi connectivity index (χ1) is 25.0. The average Bonchev–Trinajstić information content (AvgIpc) is 3.09. The molecule has 9 heteroatoms. The van der Waals surface area contributed by atoms with E-state index in [0.29, 0.717) is 17.4 Å². The van der Waals surface area contributed by atoms with Crippen molar-refractivity contribution in [3.63, 3.8) is 0 Å². The van der Waals surface area contributed by atoms with Gasteiger partial charge in [0.2, 0.25) is 5.91 Å². The van der Waals surface area contributed by atoms with Gasteiger partial charge in [-0.1, -0.05) is 152 Å². The van der Waals surface area contributed by atoms with E-state index in [1.165, 1.54) is 64.2 Å². The maximum atomic E-state index is 12.7. The Morgan fingerprint density at radius 3 is 1.69 bits per heavy atom. The SMILES string of the molecule is CC/C=C\C/C=C\C/C=C\C/C=C\CCCCCCCCCCCCCCC(=O)NC(COP(=O)(O)OCC[N+](C)(C)C)C(O)/C=C/CCCCC. The first-order valence-corrected chi connectivity index (χ1v) is 22.2. The van der Waals surface area contributed by atoms with Gasteiger partial charge >= 0.3 is 7.82 Å². The van der Waals surface area contributed by atoms with Crippen LogP contribution in [-0.2, 0) is 18.4 Å². The first-order valence-electron chi connectivity index (χ1n) is 20.7. The van der Waals surface area contributed by atoms with Gasteiger partial charge in [-0.05, 0) is 57.8 Å². The third-order valence-electron chi connectivity index (χ3n) is 8.74. The van der Waals surface area contributed by atoms with Gasteiger partial charge in [-0.3, -0.25) is 13.8 Å². The lowest BCUT2D eigenvalue weighted by atomic mass is 10.0. The molecule has 0 aromatic rings. The zero-order valence-corrected chi connectivity index (χ0v) is 34.9. The van der Waals surface area contributed by atoms with Crippen LogP contribution in [0.2, 0.25) is 0 Å². The van der Waals surface area contributed by atoms with Gasteiger partial charge in [0.15, 0.2) is 0 Å². The number of aliphatic hydroxyl groups is 1. The number of phosphoric acid groups is 1. The van der Waals surface area contributed by atoms with E-state index >= 15 is 0 Å². The number of rotatable bonds is 36. The largest absolute Gasteiger partial charge is 0.472 e. The smallest absolute Gasteiger partial charge is 0.387 e. The molecule has 3 N–H and O–H groups in total. The zero-order chi connectivity index (χ0) is 38.6. The number of likely N-dealkylation sites (N-methyl/N-ethyl adjacent to an activating group) is 1. The second kappa shape index (κ2) is 34.9. The number of aliphatic hydroxyl groups excluding tert-OH is 1. The van der Waals surface area contributed by atoms with Gasteiger partial charge in [-0.15, -0.1) is 0 Å². The van der Waals surface area contributed by atoms with E-state index in [2.05, 4.69) is 67.8 Å². The minimum Gasteiger partial charge on any atom is -0.387 e. The Balaban J connectivity index is 4.06. The van der Waals surface area contributed by atoms with E-state index in [-0.39, 0.29) is 19.1 Å². The number of hydrogen-bond donors (Lipinski definition) is 3. The number of phosphoric ester groups is 1. The molecule has 0 heterocycles. The molecule has 0 aromatic carbocycles. The van der Waals surface area contributed by atoms with Gasteiger partial charge in [0, 0.05) is 6.42 Å². The number of allylic oxidation sites excluding steroid dienone is 9. The highest BCUT2D eigenvalue weighted by Gasteiger charge is 2.27. The van der Waals surface area contributed by atoms with Gasteiger partial charge in [0.1, 0.15) is 13.2 Å². The number of nitrogens with zero attached hydrogens (tertiary/aromatic N) is 1. The van der Waals surface area contributed by atoms with Crippen LogP contribution < -0.4 is 5.32 Å². The molecule has 0 aromatic heterocycles. The average molecular weight is 752 g/mol. The maximum absolute atomic E-state index is 12.7. The van der Waals surface area contributed by atoms with Crippen molar-refractivity contribution >= 4 is 13.7 Å². The van der Waals surface area contributed by atoms with Crippen LogP contribution in [0.5, 0.6) is 0 Å². The topological polar surface area (TPSA) is 105 Å². The molecule has 52 heavy (non-hydrogen) atoms. The van der Waals surface area contributed by atoms with Crippen LogP contribution in [0.25, 0.3) is 0 Å². The number of hydrogen-bond acceptors (Lipinski definition) is 5. The lowest BCUT2D eigenvalue weighted by Crippen LogP contribution is -2.45. The molecular weight excluding hydrogens is 671 g/mol. The number of amides is 1. The van der Waals surface area contributed by atoms with Crippen LogP contribution in [0.1, 0.15) is 155 Å². The molecule has 0 radical (unpaired) electrons. The van der Waals surface area contributed by atoms with Crippen molar-refractivity contribution in [1.29, 1.82) is 0 Å². The maximum Gasteiger partial charge on any atom is 0.472 e. The van der Waals surface area contributed by atoms with Crippen molar-refractivity contribution in [1.82, 2.24) is 5.32 Å². The van der Waals surface area contributed by atoms with Gasteiger partial charge in [0.05, 0.1) is 39.9 Å². The summed E-state index contributed by atoms with van der Waals surface area (Å²) in [5.41, 5.74) is 0. The number of quaternary nitrogens is 1. The fourth-order valence-corrected chi connectivity index (χ4v) is 6.18. The summed E-state index contributed by atoms with van der Waals surface area (Å²) >= 11 is 0. The molecule has 0 saturated heterocycles. The van der Waals surface area contributed by atoms with Crippen LogP contribution in [-0.4, -0.2) is 73.4 Å². The Labute approximate surface area is 320 Å². The Morgan fingerprint density at radius 1 is 0.673 bits per heavy atom. The van der Waals surface area contributed by atoms with Crippen molar-refractivity contribution in [2.75, 3.05) is 40.9 Å². The number of unbranched alkanes of at least 4 members (excludes halogenated alkanes) is 15. The van der Waals surface area contributed by atoms with Crippen LogP contribution in [0.15, 0.2) is 60.8 Å². The summed E-state index contributed by atoms with van der Waals surface area (Å²) in [5, 5.41) is 13.6. The van der Waals surface area contributed by atoms with E-state index < -0.39 is 20.0 Å². The lowest BCUT2D eigenvalue weighted by Gasteiger charge is -2.25. The Bertz CT molecular complexity index is 1030. The Hall–Kier alpha value is -1.80. The molecule has 0 spiro atoms. The minimum absolute atomic E-state index is 0.0579. The zero-order valence-electron chi connectivity index (χ0n) is 34.0. The standard InChI is InChI=1S/C43H79N2O6P/c1-6-8-10-12-13-14-15-16-17-18-19-20-21-22-23-24-25-26-27-28-29-30-31-33-35-37-43(47)44-41(42(46)36-34-32-11-9-7-2)40-51-52(48,49)50-39-38-45(3,4)5/h8,10,13-14,16-17,19-20,34,36,41-42,46H,6-7,9,11-12,15,18,21-33,35,37-40H2,1-5H3,(H-,44,47,48,49)/p+1/b10-8-,14-13-,17-16-,20-19-,36-34+. The van der Waals surface area contributed by atoms with Gasteiger partial charge in [-0.25, -0.2) is 4.57 Å². The number of carbonyl (C=O) groups excluding carboxylic acids is 1. The highest BCUT2D eigenvalue weighted by molar-refractivity contribution is 7.47. The molecule has 0 rings (SSSR count). The summed E-state index contributed by atoms with van der Waals surface area (Å²) in [6.45, 7) is 4.56. The van der Waals surface area contributed by atoms with Crippen LogP contribution in [0.4, 0.5) is 0 Å². The van der Waals surface area contributed by atoms with E-state index in [0.717, 1.165) is 70.6 Å². The summed E-state index contributed by atoms with van der Waals surface area (Å²) in [4.78, 5) is 22.9. The van der Waals surface area contributed by atoms with Crippen molar-refractivity contribution in [3.05, 3.63) is 60.8 Å². The quantitative estimate of drug-likeness (QED) is 0.0255. The van der Waals surface area contributed by atoms with Crippen molar-refractivity contribution in [2.24, 2.45) is 0 Å². The highest BCUT2D eigenvalue weighted by Crippen LogP contribution is 2.43. The van der Waals surface area contributed by atoms with Crippen LogP contribution in [0.3, 0.4) is 0 Å². The molecule has 302 valence electrons. The molecular formula is C43H80N2O6P+. The molecule has 1 amide bonds. The summed E-state index contributed by atoms with van der Waals surface area (Å²) < 4.78 is 23.3. The second-order valence-corrected chi connectivity index (χ2v) is 16.4. The van der Waals surface area contributed by atoms with E-state index in [1.807, 2.05) is 27.2 Å². The minimum atomic E-state index is -4.32. The Morgan fingerprint density at radius 2 is 1.15 bits per heavy atom. The fourth-order valence-electron chi connectivity index (χ4n) is 5.44. The fraction of sp³-hybridized carbons (Fsp3) is 0.744. The molecule has 0 fully saturated rings. The summed E-state index contributed by atoms with van der Waals surface area (Å²) in [6.07, 6.45) is 44.8. The Kier molecular flexibility index (Phi) is 33.7.